The second-order valence-electron chi connectivity index (χ2n) is 9.34. The molecule has 0 heterocycles. The lowest BCUT2D eigenvalue weighted by atomic mass is 10.1. The molecule has 0 aliphatic heterocycles. The molecular formula is C34H34O5. The van der Waals surface area contributed by atoms with E-state index in [1.54, 1.807) is 12.1 Å². The summed E-state index contributed by atoms with van der Waals surface area (Å²) in [6.07, 6.45) is 1.96. The third-order valence-corrected chi connectivity index (χ3v) is 5.88. The Bertz CT molecular complexity index is 1340. The van der Waals surface area contributed by atoms with Crippen LogP contribution in [0.25, 0.3) is 0 Å². The molecule has 0 aliphatic carbocycles. The van der Waals surface area contributed by atoms with Crippen molar-refractivity contribution in [1.29, 1.82) is 0 Å². The average molecular weight is 523 g/mol. The van der Waals surface area contributed by atoms with E-state index in [0.29, 0.717) is 49.2 Å². The maximum Gasteiger partial charge on any atom is 0.195 e. The van der Waals surface area contributed by atoms with E-state index in [-0.39, 0.29) is 12.4 Å². The number of allylic oxidation sites excluding steroid dienone is 1. The molecular weight excluding hydrogens is 488 g/mol. The molecule has 4 rings (SSSR count). The Kier molecular flexibility index (Phi) is 10.3. The maximum atomic E-state index is 13.5. The predicted octanol–water partition coefficient (Wildman–Crippen LogP) is 7.59. The lowest BCUT2D eigenvalue weighted by Crippen LogP contribution is -2.14. The second kappa shape index (κ2) is 14.6. The lowest BCUT2D eigenvalue weighted by molar-refractivity contribution is 0.0719. The van der Waals surface area contributed by atoms with Crippen LogP contribution in [0.15, 0.2) is 115 Å². The summed E-state index contributed by atoms with van der Waals surface area (Å²) in [6, 6.07) is 33.0. The van der Waals surface area contributed by atoms with Crippen LogP contribution in [-0.4, -0.2) is 19.0 Å². The minimum absolute atomic E-state index is 0.111. The number of hydrogen-bond acceptors (Lipinski definition) is 5. The van der Waals surface area contributed by atoms with Gasteiger partial charge in [0.1, 0.15) is 49.2 Å². The number of rotatable bonds is 14. The SMILES string of the molecule is CC(C)=CCOc1cc(OCc2ccccc2)cc(OCc2ccccc2)c1C(=O)COCc1ccccc1. The minimum Gasteiger partial charge on any atom is -0.489 e. The fourth-order valence-corrected chi connectivity index (χ4v) is 3.83. The van der Waals surface area contributed by atoms with Gasteiger partial charge >= 0.3 is 0 Å². The van der Waals surface area contributed by atoms with Gasteiger partial charge in [-0.2, -0.15) is 0 Å². The van der Waals surface area contributed by atoms with Crippen molar-refractivity contribution in [2.45, 2.75) is 33.7 Å². The fourth-order valence-electron chi connectivity index (χ4n) is 3.83. The molecule has 200 valence electrons. The van der Waals surface area contributed by atoms with Crippen LogP contribution in [0.5, 0.6) is 17.2 Å². The van der Waals surface area contributed by atoms with E-state index in [1.165, 1.54) is 0 Å². The van der Waals surface area contributed by atoms with Gasteiger partial charge in [-0.25, -0.2) is 0 Å². The highest BCUT2D eigenvalue weighted by molar-refractivity contribution is 6.02. The van der Waals surface area contributed by atoms with Gasteiger partial charge in [-0.1, -0.05) is 96.6 Å². The van der Waals surface area contributed by atoms with Crippen molar-refractivity contribution in [3.63, 3.8) is 0 Å². The van der Waals surface area contributed by atoms with Crippen molar-refractivity contribution in [3.8, 4) is 17.2 Å². The molecule has 0 bridgehead atoms. The predicted molar refractivity (Wildman–Crippen MR) is 153 cm³/mol. The number of ether oxygens (including phenoxy) is 4. The summed E-state index contributed by atoms with van der Waals surface area (Å²) >= 11 is 0. The molecule has 0 aromatic heterocycles. The Hall–Kier alpha value is -4.35. The summed E-state index contributed by atoms with van der Waals surface area (Å²) in [5, 5.41) is 0. The van der Waals surface area contributed by atoms with Crippen molar-refractivity contribution in [1.82, 2.24) is 0 Å². The standard InChI is InChI=1S/C34H34O5/c1-26(2)18-19-37-32-20-30(38-23-28-14-8-4-9-15-28)21-33(39-24-29-16-10-5-11-17-29)34(32)31(35)25-36-22-27-12-6-3-7-13-27/h3-18,20-21H,19,22-25H2,1-2H3. The van der Waals surface area contributed by atoms with Gasteiger partial charge in [0.15, 0.2) is 5.78 Å². The third-order valence-electron chi connectivity index (χ3n) is 5.88. The molecule has 5 nitrogen and oxygen atoms in total. The molecule has 39 heavy (non-hydrogen) atoms. The Morgan fingerprint density at radius 2 is 1.13 bits per heavy atom. The minimum atomic E-state index is -0.226. The van der Waals surface area contributed by atoms with E-state index >= 15 is 0 Å². The number of Topliss-reactive ketones (excluding diaryl/α,β-unsaturated/α-hetero) is 1. The van der Waals surface area contributed by atoms with Crippen molar-refractivity contribution < 1.29 is 23.7 Å². The number of hydrogen-bond donors (Lipinski definition) is 0. The van der Waals surface area contributed by atoms with E-state index in [9.17, 15) is 4.79 Å². The Morgan fingerprint density at radius 1 is 0.641 bits per heavy atom. The fraction of sp³-hybridized carbons (Fsp3) is 0.206. The van der Waals surface area contributed by atoms with Crippen molar-refractivity contribution in [3.05, 3.63) is 137 Å². The molecule has 0 atom stereocenters. The van der Waals surface area contributed by atoms with Crippen LogP contribution in [0.3, 0.4) is 0 Å². The van der Waals surface area contributed by atoms with Gasteiger partial charge < -0.3 is 18.9 Å². The Morgan fingerprint density at radius 3 is 1.67 bits per heavy atom. The van der Waals surface area contributed by atoms with Crippen LogP contribution in [0.1, 0.15) is 40.9 Å². The van der Waals surface area contributed by atoms with Gasteiger partial charge in [0.25, 0.3) is 0 Å². The average Bonchev–Trinajstić information content (AvgIpc) is 2.96. The first-order valence-electron chi connectivity index (χ1n) is 13.0. The van der Waals surface area contributed by atoms with Crippen LogP contribution in [0.2, 0.25) is 0 Å². The van der Waals surface area contributed by atoms with E-state index in [2.05, 4.69) is 0 Å². The Balaban J connectivity index is 1.61. The van der Waals surface area contributed by atoms with Crippen LogP contribution in [-0.2, 0) is 24.6 Å². The number of carbonyl (C=O) groups is 1. The topological polar surface area (TPSA) is 54.0 Å². The molecule has 0 unspecified atom stereocenters. The third kappa shape index (κ3) is 8.87. The zero-order valence-electron chi connectivity index (χ0n) is 22.5. The van der Waals surface area contributed by atoms with E-state index < -0.39 is 0 Å². The van der Waals surface area contributed by atoms with Crippen LogP contribution in [0.4, 0.5) is 0 Å². The molecule has 0 amide bonds. The highest BCUT2D eigenvalue weighted by atomic mass is 16.5. The number of carbonyl (C=O) groups excluding carboxylic acids is 1. The van der Waals surface area contributed by atoms with Crippen LogP contribution < -0.4 is 14.2 Å². The molecule has 4 aromatic carbocycles. The van der Waals surface area contributed by atoms with E-state index in [0.717, 1.165) is 22.3 Å². The maximum absolute atomic E-state index is 13.5. The monoisotopic (exact) mass is 522 g/mol. The smallest absolute Gasteiger partial charge is 0.195 e. The van der Waals surface area contributed by atoms with Gasteiger partial charge in [0, 0.05) is 12.1 Å². The van der Waals surface area contributed by atoms with Gasteiger partial charge in [-0.15, -0.1) is 0 Å². The highest BCUT2D eigenvalue weighted by Gasteiger charge is 2.22. The molecule has 4 aromatic rings. The van der Waals surface area contributed by atoms with Crippen LogP contribution >= 0.6 is 0 Å². The first-order valence-corrected chi connectivity index (χ1v) is 13.0. The van der Waals surface area contributed by atoms with Crippen LogP contribution in [0, 0.1) is 0 Å². The van der Waals surface area contributed by atoms with E-state index in [1.807, 2.05) is 111 Å². The van der Waals surface area contributed by atoms with Crippen molar-refractivity contribution >= 4 is 5.78 Å². The zero-order chi connectivity index (χ0) is 27.3. The summed E-state index contributed by atoms with van der Waals surface area (Å²) in [4.78, 5) is 13.5. The summed E-state index contributed by atoms with van der Waals surface area (Å²) in [6.45, 7) is 5.20. The molecule has 0 saturated heterocycles. The van der Waals surface area contributed by atoms with E-state index in [4.69, 9.17) is 18.9 Å². The Labute approximate surface area is 230 Å². The summed E-state index contributed by atoms with van der Waals surface area (Å²) in [5.41, 5.74) is 4.47. The lowest BCUT2D eigenvalue weighted by Gasteiger charge is -2.18. The first kappa shape index (κ1) is 27.7. The first-order chi connectivity index (χ1) is 19.1. The largest absolute Gasteiger partial charge is 0.489 e. The highest BCUT2D eigenvalue weighted by Crippen LogP contribution is 2.36. The number of benzene rings is 4. The molecule has 0 aliphatic rings. The second-order valence-corrected chi connectivity index (χ2v) is 9.34. The van der Waals surface area contributed by atoms with Gasteiger partial charge in [-0.05, 0) is 36.6 Å². The summed E-state index contributed by atoms with van der Waals surface area (Å²) in [7, 11) is 0. The quantitative estimate of drug-likeness (QED) is 0.126. The van der Waals surface area contributed by atoms with Gasteiger partial charge in [-0.3, -0.25) is 4.79 Å². The molecule has 0 spiro atoms. The normalized spacial score (nSPS) is 10.5. The van der Waals surface area contributed by atoms with Crippen molar-refractivity contribution in [2.75, 3.05) is 13.2 Å². The molecule has 0 radical (unpaired) electrons. The zero-order valence-corrected chi connectivity index (χ0v) is 22.5. The molecule has 0 N–H and O–H groups in total. The van der Waals surface area contributed by atoms with Gasteiger partial charge in [0.2, 0.25) is 0 Å². The van der Waals surface area contributed by atoms with Gasteiger partial charge in [0.05, 0.1) is 6.61 Å². The summed E-state index contributed by atoms with van der Waals surface area (Å²) in [5.74, 6) is 1.12. The molecule has 5 heteroatoms. The summed E-state index contributed by atoms with van der Waals surface area (Å²) < 4.78 is 24.2. The molecule has 0 saturated carbocycles. The number of ketones is 1. The van der Waals surface area contributed by atoms with Crippen molar-refractivity contribution in [2.24, 2.45) is 0 Å². The molecule has 0 fully saturated rings.